The van der Waals surface area contributed by atoms with E-state index < -0.39 is 0 Å². The lowest BCUT2D eigenvalue weighted by molar-refractivity contribution is -0.117. The summed E-state index contributed by atoms with van der Waals surface area (Å²) in [7, 11) is 0. The van der Waals surface area contributed by atoms with Gasteiger partial charge in [-0.3, -0.25) is 14.5 Å². The Morgan fingerprint density at radius 1 is 1.22 bits per heavy atom. The number of rotatable bonds is 3. The number of Topliss-reactive ketones (excluding diaryl/α,β-unsaturated/α-hetero) is 1. The quantitative estimate of drug-likeness (QED) is 0.693. The van der Waals surface area contributed by atoms with E-state index >= 15 is 0 Å². The van der Waals surface area contributed by atoms with Crippen LogP contribution in [0.4, 0.5) is 5.69 Å². The van der Waals surface area contributed by atoms with Crippen LogP contribution in [0.5, 0.6) is 0 Å². The van der Waals surface area contributed by atoms with Gasteiger partial charge in [-0.2, -0.15) is 0 Å². The van der Waals surface area contributed by atoms with E-state index in [1.165, 1.54) is 11.8 Å². The third kappa shape index (κ3) is 3.26. The predicted octanol–water partition coefficient (Wildman–Crippen LogP) is 5.02. The number of anilines is 1. The fraction of sp³-hybridized carbons (Fsp3) is 0.111. The third-order valence-corrected chi connectivity index (χ3v) is 5.06. The number of allylic oxidation sites excluding steroid dienone is 1. The van der Waals surface area contributed by atoms with E-state index in [-0.39, 0.29) is 11.7 Å². The number of carbonyl (C=O) groups excluding carboxylic acids is 2. The van der Waals surface area contributed by atoms with Crippen LogP contribution in [0, 0.1) is 0 Å². The first-order valence-electron chi connectivity index (χ1n) is 7.21. The molecule has 0 fully saturated rings. The van der Waals surface area contributed by atoms with E-state index in [0.717, 1.165) is 15.1 Å². The lowest BCUT2D eigenvalue weighted by atomic mass is 10.1. The van der Waals surface area contributed by atoms with Gasteiger partial charge in [0.1, 0.15) is 0 Å². The van der Waals surface area contributed by atoms with Crippen LogP contribution in [0.15, 0.2) is 69.0 Å². The predicted molar refractivity (Wildman–Crippen MR) is 96.6 cm³/mol. The number of benzene rings is 2. The molecule has 0 N–H and O–H groups in total. The summed E-state index contributed by atoms with van der Waals surface area (Å²) in [6.45, 7) is 1.81. The number of carbonyl (C=O) groups is 2. The van der Waals surface area contributed by atoms with Crippen LogP contribution < -0.4 is 4.90 Å². The van der Waals surface area contributed by atoms with Crippen LogP contribution in [0.25, 0.3) is 0 Å². The molecule has 2 aromatic carbocycles. The highest BCUT2D eigenvalue weighted by Crippen LogP contribution is 2.40. The Balaban J connectivity index is 2.00. The van der Waals surface area contributed by atoms with Crippen molar-refractivity contribution in [3.05, 3.63) is 69.7 Å². The molecule has 0 bridgehead atoms. The van der Waals surface area contributed by atoms with Gasteiger partial charge >= 0.3 is 0 Å². The van der Waals surface area contributed by atoms with Gasteiger partial charge in [-0.05, 0) is 30.3 Å². The second-order valence-electron chi connectivity index (χ2n) is 5.02. The molecule has 0 aromatic heterocycles. The first-order valence-corrected chi connectivity index (χ1v) is 8.82. The Morgan fingerprint density at radius 2 is 2.00 bits per heavy atom. The number of nitrogens with zero attached hydrogens (tertiary/aromatic N) is 1. The van der Waals surface area contributed by atoms with E-state index in [1.807, 2.05) is 55.5 Å². The van der Waals surface area contributed by atoms with Crippen molar-refractivity contribution < 1.29 is 9.59 Å². The van der Waals surface area contributed by atoms with Gasteiger partial charge in [0.2, 0.25) is 11.7 Å². The molecule has 0 spiro atoms. The van der Waals surface area contributed by atoms with Crippen molar-refractivity contribution in [2.45, 2.75) is 18.2 Å². The molecule has 1 aliphatic rings. The minimum Gasteiger partial charge on any atom is -0.288 e. The SMILES string of the molecule is CCC(=O)N(/C=C1/Sc2ccccc2C1=O)c1cccc(Br)c1. The second-order valence-corrected chi connectivity index (χ2v) is 7.02. The molecule has 0 radical (unpaired) electrons. The standard InChI is InChI=1S/C18H14BrNO2S/c1-2-17(21)20(13-7-5-6-12(19)10-13)11-16-18(22)14-8-3-4-9-15(14)23-16/h3-11H,2H2,1H3/b16-11+. The highest BCUT2D eigenvalue weighted by molar-refractivity contribution is 9.10. The Bertz CT molecular complexity index is 816. The lowest BCUT2D eigenvalue weighted by Gasteiger charge is -2.19. The molecular formula is C18H14BrNO2S. The van der Waals surface area contributed by atoms with Crippen LogP contribution >= 0.6 is 27.7 Å². The Kier molecular flexibility index (Phi) is 4.68. The summed E-state index contributed by atoms with van der Waals surface area (Å²) in [6.07, 6.45) is 2.02. The molecule has 5 heteroatoms. The Morgan fingerprint density at radius 3 is 2.70 bits per heavy atom. The van der Waals surface area contributed by atoms with Crippen LogP contribution in [-0.2, 0) is 4.79 Å². The molecule has 0 aliphatic carbocycles. The summed E-state index contributed by atoms with van der Waals surface area (Å²) in [5, 5.41) is 0. The van der Waals surface area contributed by atoms with Crippen molar-refractivity contribution in [3.63, 3.8) is 0 Å². The maximum atomic E-state index is 12.5. The molecule has 0 saturated carbocycles. The molecule has 1 amide bonds. The van der Waals surface area contributed by atoms with Crippen LogP contribution in [-0.4, -0.2) is 11.7 Å². The monoisotopic (exact) mass is 387 g/mol. The fourth-order valence-corrected chi connectivity index (χ4v) is 3.73. The molecule has 0 saturated heterocycles. The number of amides is 1. The van der Waals surface area contributed by atoms with Crippen LogP contribution in [0.1, 0.15) is 23.7 Å². The van der Waals surface area contributed by atoms with Crippen molar-refractivity contribution in [3.8, 4) is 0 Å². The average Bonchev–Trinajstić information content (AvgIpc) is 2.88. The number of thioether (sulfide) groups is 1. The summed E-state index contributed by atoms with van der Waals surface area (Å²) in [5.41, 5.74) is 1.44. The van der Waals surface area contributed by atoms with E-state index in [1.54, 1.807) is 11.1 Å². The van der Waals surface area contributed by atoms with Crippen molar-refractivity contribution in [2.75, 3.05) is 4.90 Å². The average molecular weight is 388 g/mol. The topological polar surface area (TPSA) is 37.4 Å². The lowest BCUT2D eigenvalue weighted by Crippen LogP contribution is -2.25. The van der Waals surface area contributed by atoms with E-state index in [4.69, 9.17) is 0 Å². The van der Waals surface area contributed by atoms with E-state index in [0.29, 0.717) is 16.9 Å². The van der Waals surface area contributed by atoms with Gasteiger partial charge in [-0.25, -0.2) is 0 Å². The van der Waals surface area contributed by atoms with Gasteiger partial charge in [0.25, 0.3) is 0 Å². The summed E-state index contributed by atoms with van der Waals surface area (Å²) in [5.74, 6) is -0.0885. The minimum absolute atomic E-state index is 0.0329. The molecule has 23 heavy (non-hydrogen) atoms. The van der Waals surface area contributed by atoms with Crippen molar-refractivity contribution in [1.29, 1.82) is 0 Å². The number of halogens is 1. The molecule has 116 valence electrons. The van der Waals surface area contributed by atoms with Gasteiger partial charge in [0.15, 0.2) is 0 Å². The number of ketones is 1. The molecule has 0 unspecified atom stereocenters. The Labute approximate surface area is 147 Å². The number of hydrogen-bond donors (Lipinski definition) is 0. The normalized spacial score (nSPS) is 14.9. The number of fused-ring (bicyclic) bond motifs is 1. The maximum Gasteiger partial charge on any atom is 0.230 e. The highest BCUT2D eigenvalue weighted by Gasteiger charge is 2.27. The second kappa shape index (κ2) is 6.72. The highest BCUT2D eigenvalue weighted by atomic mass is 79.9. The van der Waals surface area contributed by atoms with Gasteiger partial charge in [-0.15, -0.1) is 0 Å². The minimum atomic E-state index is -0.0556. The van der Waals surface area contributed by atoms with E-state index in [9.17, 15) is 9.59 Å². The molecule has 2 aromatic rings. The van der Waals surface area contributed by atoms with Crippen LogP contribution in [0.2, 0.25) is 0 Å². The molecule has 3 nitrogen and oxygen atoms in total. The zero-order valence-electron chi connectivity index (χ0n) is 12.5. The van der Waals surface area contributed by atoms with Gasteiger partial charge in [0, 0.05) is 33.2 Å². The zero-order valence-corrected chi connectivity index (χ0v) is 14.9. The van der Waals surface area contributed by atoms with Crippen molar-refractivity contribution in [2.24, 2.45) is 0 Å². The summed E-state index contributed by atoms with van der Waals surface area (Å²) in [4.78, 5) is 27.9. The fourth-order valence-electron chi connectivity index (χ4n) is 2.33. The van der Waals surface area contributed by atoms with Crippen molar-refractivity contribution >= 4 is 45.1 Å². The summed E-state index contributed by atoms with van der Waals surface area (Å²) < 4.78 is 0.885. The largest absolute Gasteiger partial charge is 0.288 e. The van der Waals surface area contributed by atoms with Crippen LogP contribution in [0.3, 0.4) is 0 Å². The molecule has 1 heterocycles. The maximum absolute atomic E-state index is 12.5. The summed E-state index contributed by atoms with van der Waals surface area (Å²) >= 11 is 4.82. The first-order chi connectivity index (χ1) is 11.1. The van der Waals surface area contributed by atoms with E-state index in [2.05, 4.69) is 15.9 Å². The van der Waals surface area contributed by atoms with Gasteiger partial charge in [-0.1, -0.05) is 52.8 Å². The van der Waals surface area contributed by atoms with Crippen molar-refractivity contribution in [1.82, 2.24) is 0 Å². The molecular weight excluding hydrogens is 374 g/mol. The Hall–Kier alpha value is -1.85. The number of hydrogen-bond acceptors (Lipinski definition) is 3. The van der Waals surface area contributed by atoms with Gasteiger partial charge < -0.3 is 0 Å². The summed E-state index contributed by atoms with van der Waals surface area (Å²) in [6, 6.07) is 15.0. The zero-order chi connectivity index (χ0) is 16.4. The molecule has 3 rings (SSSR count). The molecule has 1 aliphatic heterocycles. The van der Waals surface area contributed by atoms with Gasteiger partial charge in [0.05, 0.1) is 4.91 Å². The smallest absolute Gasteiger partial charge is 0.230 e. The third-order valence-electron chi connectivity index (χ3n) is 3.48. The molecule has 0 atom stereocenters. The first kappa shape index (κ1) is 16.0.